The molecule has 0 aliphatic rings. The summed E-state index contributed by atoms with van der Waals surface area (Å²) in [6, 6.07) is 7.55. The van der Waals surface area contributed by atoms with Crippen molar-refractivity contribution in [1.29, 1.82) is 0 Å². The van der Waals surface area contributed by atoms with Gasteiger partial charge in [-0.3, -0.25) is 4.79 Å². The lowest BCUT2D eigenvalue weighted by atomic mass is 10.1. The standard InChI is InChI=1S/C14H20BrNO3/c1-18-9-10-19-8-2-7-16-14(17)13-5-3-12(11-15)4-6-13/h3-6H,2,7-11H2,1H3,(H,16,17). The molecule has 0 saturated heterocycles. The van der Waals surface area contributed by atoms with Gasteiger partial charge in [-0.1, -0.05) is 28.1 Å². The molecule has 106 valence electrons. The first-order chi connectivity index (χ1) is 9.27. The topological polar surface area (TPSA) is 47.6 Å². The van der Waals surface area contributed by atoms with Crippen molar-refractivity contribution in [3.05, 3.63) is 35.4 Å². The van der Waals surface area contributed by atoms with Crippen LogP contribution in [0.15, 0.2) is 24.3 Å². The van der Waals surface area contributed by atoms with E-state index in [1.165, 1.54) is 0 Å². The lowest BCUT2D eigenvalue weighted by Crippen LogP contribution is -2.25. The predicted octanol–water partition coefficient (Wildman–Crippen LogP) is 2.36. The zero-order chi connectivity index (χ0) is 13.9. The first kappa shape index (κ1) is 16.1. The van der Waals surface area contributed by atoms with Gasteiger partial charge in [0.15, 0.2) is 0 Å². The highest BCUT2D eigenvalue weighted by Gasteiger charge is 2.03. The van der Waals surface area contributed by atoms with Gasteiger partial charge in [0.1, 0.15) is 0 Å². The van der Waals surface area contributed by atoms with Gasteiger partial charge in [-0.2, -0.15) is 0 Å². The zero-order valence-corrected chi connectivity index (χ0v) is 12.7. The van der Waals surface area contributed by atoms with E-state index < -0.39 is 0 Å². The largest absolute Gasteiger partial charge is 0.382 e. The number of alkyl halides is 1. The first-order valence-corrected chi connectivity index (χ1v) is 7.40. The monoisotopic (exact) mass is 329 g/mol. The molecule has 0 aliphatic carbocycles. The van der Waals surface area contributed by atoms with E-state index in [1.807, 2.05) is 24.3 Å². The number of halogens is 1. The van der Waals surface area contributed by atoms with E-state index in [4.69, 9.17) is 9.47 Å². The number of benzene rings is 1. The minimum absolute atomic E-state index is 0.0435. The van der Waals surface area contributed by atoms with E-state index in [2.05, 4.69) is 21.2 Å². The Bertz CT molecular complexity index is 367. The summed E-state index contributed by atoms with van der Waals surface area (Å²) in [5.74, 6) is -0.0435. The molecule has 0 saturated carbocycles. The molecule has 0 aromatic heterocycles. The number of carbonyl (C=O) groups excluding carboxylic acids is 1. The molecule has 0 aliphatic heterocycles. The van der Waals surface area contributed by atoms with Crippen LogP contribution in [0.25, 0.3) is 0 Å². The minimum atomic E-state index is -0.0435. The van der Waals surface area contributed by atoms with E-state index in [1.54, 1.807) is 7.11 Å². The molecule has 0 radical (unpaired) electrons. The predicted molar refractivity (Wildman–Crippen MR) is 78.7 cm³/mol. The number of rotatable bonds is 9. The van der Waals surface area contributed by atoms with Crippen LogP contribution in [0, 0.1) is 0 Å². The quantitative estimate of drug-likeness (QED) is 0.559. The van der Waals surface area contributed by atoms with Crippen LogP contribution >= 0.6 is 15.9 Å². The molecule has 1 rings (SSSR count). The maximum absolute atomic E-state index is 11.8. The first-order valence-electron chi connectivity index (χ1n) is 6.27. The third-order valence-corrected chi connectivity index (χ3v) is 3.20. The second kappa shape index (κ2) is 9.95. The van der Waals surface area contributed by atoms with Gasteiger partial charge in [0.05, 0.1) is 13.2 Å². The van der Waals surface area contributed by atoms with Crippen molar-refractivity contribution in [2.24, 2.45) is 0 Å². The summed E-state index contributed by atoms with van der Waals surface area (Å²) in [7, 11) is 1.64. The van der Waals surface area contributed by atoms with E-state index in [0.717, 1.165) is 17.3 Å². The van der Waals surface area contributed by atoms with Gasteiger partial charge in [-0.15, -0.1) is 0 Å². The summed E-state index contributed by atoms with van der Waals surface area (Å²) in [5.41, 5.74) is 1.84. The fourth-order valence-corrected chi connectivity index (χ4v) is 1.84. The van der Waals surface area contributed by atoms with Crippen LogP contribution in [-0.4, -0.2) is 39.4 Å². The smallest absolute Gasteiger partial charge is 0.251 e. The van der Waals surface area contributed by atoms with E-state index in [-0.39, 0.29) is 5.91 Å². The Hall–Kier alpha value is -0.910. The van der Waals surface area contributed by atoms with E-state index in [0.29, 0.717) is 31.9 Å². The second-order valence-corrected chi connectivity index (χ2v) is 4.61. The number of carbonyl (C=O) groups is 1. The van der Waals surface area contributed by atoms with Gasteiger partial charge >= 0.3 is 0 Å². The third-order valence-electron chi connectivity index (χ3n) is 2.55. The molecule has 1 N–H and O–H groups in total. The number of methoxy groups -OCH3 is 1. The Balaban J connectivity index is 2.16. The Morgan fingerprint density at radius 1 is 1.21 bits per heavy atom. The van der Waals surface area contributed by atoms with Crippen LogP contribution in [0.2, 0.25) is 0 Å². The van der Waals surface area contributed by atoms with Crippen LogP contribution < -0.4 is 5.32 Å². The van der Waals surface area contributed by atoms with Crippen molar-refractivity contribution in [2.45, 2.75) is 11.8 Å². The van der Waals surface area contributed by atoms with Crippen molar-refractivity contribution in [3.8, 4) is 0 Å². The second-order valence-electron chi connectivity index (χ2n) is 4.05. The fourth-order valence-electron chi connectivity index (χ4n) is 1.47. The van der Waals surface area contributed by atoms with Crippen molar-refractivity contribution in [3.63, 3.8) is 0 Å². The Labute approximate surface area is 122 Å². The molecule has 0 spiro atoms. The molecule has 0 atom stereocenters. The number of hydrogen-bond donors (Lipinski definition) is 1. The average Bonchev–Trinajstić information content (AvgIpc) is 2.46. The molecular weight excluding hydrogens is 310 g/mol. The maximum Gasteiger partial charge on any atom is 0.251 e. The fraction of sp³-hybridized carbons (Fsp3) is 0.500. The molecule has 4 nitrogen and oxygen atoms in total. The highest BCUT2D eigenvalue weighted by Crippen LogP contribution is 2.07. The van der Waals surface area contributed by atoms with Crippen molar-refractivity contribution < 1.29 is 14.3 Å². The molecule has 19 heavy (non-hydrogen) atoms. The summed E-state index contributed by atoms with van der Waals surface area (Å²) in [6.07, 6.45) is 0.801. The summed E-state index contributed by atoms with van der Waals surface area (Å²) in [5, 5.41) is 3.66. The van der Waals surface area contributed by atoms with Gasteiger partial charge in [0.2, 0.25) is 0 Å². The lowest BCUT2D eigenvalue weighted by Gasteiger charge is -2.06. The maximum atomic E-state index is 11.8. The molecule has 0 bridgehead atoms. The molecule has 0 unspecified atom stereocenters. The van der Waals surface area contributed by atoms with Crippen molar-refractivity contribution in [1.82, 2.24) is 5.32 Å². The summed E-state index contributed by atoms with van der Waals surface area (Å²) in [6.45, 7) is 2.45. The molecule has 0 heterocycles. The van der Waals surface area contributed by atoms with Gasteiger partial charge in [-0.05, 0) is 24.1 Å². The van der Waals surface area contributed by atoms with Crippen molar-refractivity contribution in [2.75, 3.05) is 33.5 Å². The molecular formula is C14H20BrNO3. The highest BCUT2D eigenvalue weighted by atomic mass is 79.9. The Morgan fingerprint density at radius 3 is 2.58 bits per heavy atom. The zero-order valence-electron chi connectivity index (χ0n) is 11.2. The Morgan fingerprint density at radius 2 is 1.95 bits per heavy atom. The summed E-state index contributed by atoms with van der Waals surface area (Å²) in [4.78, 5) is 11.8. The molecule has 0 fully saturated rings. The molecule has 1 aromatic carbocycles. The summed E-state index contributed by atoms with van der Waals surface area (Å²) < 4.78 is 10.2. The van der Waals surface area contributed by atoms with Crippen molar-refractivity contribution >= 4 is 21.8 Å². The number of nitrogens with one attached hydrogen (secondary N) is 1. The van der Waals surface area contributed by atoms with Gasteiger partial charge in [0, 0.05) is 31.2 Å². The van der Waals surface area contributed by atoms with E-state index in [9.17, 15) is 4.79 Å². The SMILES string of the molecule is COCCOCCCNC(=O)c1ccc(CBr)cc1. The highest BCUT2D eigenvalue weighted by molar-refractivity contribution is 9.08. The number of amides is 1. The normalized spacial score (nSPS) is 10.4. The molecule has 5 heteroatoms. The minimum Gasteiger partial charge on any atom is -0.382 e. The third kappa shape index (κ3) is 6.71. The number of hydrogen-bond acceptors (Lipinski definition) is 3. The van der Waals surface area contributed by atoms with Crippen LogP contribution in [0.4, 0.5) is 0 Å². The van der Waals surface area contributed by atoms with E-state index >= 15 is 0 Å². The molecule has 1 amide bonds. The number of ether oxygens (including phenoxy) is 2. The van der Waals surface area contributed by atoms with Gasteiger partial charge < -0.3 is 14.8 Å². The average molecular weight is 330 g/mol. The summed E-state index contributed by atoms with van der Waals surface area (Å²) >= 11 is 3.37. The molecule has 1 aromatic rings. The van der Waals surface area contributed by atoms with Crippen LogP contribution in [-0.2, 0) is 14.8 Å². The van der Waals surface area contributed by atoms with Crippen LogP contribution in [0.5, 0.6) is 0 Å². The van der Waals surface area contributed by atoms with Gasteiger partial charge in [0.25, 0.3) is 5.91 Å². The van der Waals surface area contributed by atoms with Crippen LogP contribution in [0.1, 0.15) is 22.3 Å². The van der Waals surface area contributed by atoms with Crippen LogP contribution in [0.3, 0.4) is 0 Å². The van der Waals surface area contributed by atoms with Gasteiger partial charge in [-0.25, -0.2) is 0 Å². The lowest BCUT2D eigenvalue weighted by molar-refractivity contribution is 0.0688. The Kier molecular flexibility index (Phi) is 8.45.